The van der Waals surface area contributed by atoms with Crippen LogP contribution in [0.15, 0.2) is 30.3 Å². The predicted octanol–water partition coefficient (Wildman–Crippen LogP) is 5.62. The molecule has 0 atom stereocenters. The van der Waals surface area contributed by atoms with Gasteiger partial charge in [-0.1, -0.05) is 65.8 Å². The summed E-state index contributed by atoms with van der Waals surface area (Å²) in [6.45, 7) is 16.7. The fourth-order valence-corrected chi connectivity index (χ4v) is 12.1. The van der Waals surface area contributed by atoms with Crippen molar-refractivity contribution >= 4 is 29.7 Å². The zero-order valence-electron chi connectivity index (χ0n) is 15.2. The molecular weight excluding hydrogens is 282 g/mol. The number of fused-ring (bicyclic) bond motifs is 1. The molecule has 0 unspecified atom stereocenters. The Labute approximate surface area is 136 Å². The Hall–Kier alpha value is -1.28. The third-order valence-electron chi connectivity index (χ3n) is 5.64. The predicted molar refractivity (Wildman–Crippen MR) is 104 cm³/mol. The van der Waals surface area contributed by atoms with E-state index in [1.807, 2.05) is 0 Å². The van der Waals surface area contributed by atoms with Crippen LogP contribution in [-0.2, 0) is 0 Å². The number of hydrogen-bond donors (Lipinski definition) is 1. The van der Waals surface area contributed by atoms with Crippen molar-refractivity contribution in [1.29, 1.82) is 0 Å². The maximum Gasteiger partial charge on any atom is 0.0973 e. The topological polar surface area (TPSA) is 26.0 Å². The zero-order chi connectivity index (χ0) is 16.7. The second kappa shape index (κ2) is 6.08. The molecule has 0 amide bonds. The first-order valence-electron chi connectivity index (χ1n) is 8.52. The largest absolute Gasteiger partial charge is 0.399 e. The van der Waals surface area contributed by atoms with Gasteiger partial charge in [0.1, 0.15) is 0 Å². The van der Waals surface area contributed by atoms with Gasteiger partial charge in [0.15, 0.2) is 0 Å². The van der Waals surface area contributed by atoms with E-state index in [-0.39, 0.29) is 0 Å². The smallest absolute Gasteiger partial charge is 0.0973 e. The van der Waals surface area contributed by atoms with Crippen molar-refractivity contribution in [3.05, 3.63) is 35.9 Å². The number of hydrogen-bond acceptors (Lipinski definition) is 1. The van der Waals surface area contributed by atoms with Crippen molar-refractivity contribution in [2.45, 2.75) is 65.1 Å². The summed E-state index contributed by atoms with van der Waals surface area (Å²) in [6.07, 6.45) is 0. The average molecular weight is 314 g/mol. The zero-order valence-corrected chi connectivity index (χ0v) is 16.2. The second-order valence-corrected chi connectivity index (χ2v) is 13.4. The van der Waals surface area contributed by atoms with Gasteiger partial charge in [0, 0.05) is 5.69 Å². The number of rotatable bonds is 4. The summed E-state index contributed by atoms with van der Waals surface area (Å²) in [5.74, 6) is 0. The van der Waals surface area contributed by atoms with Gasteiger partial charge in [-0.3, -0.25) is 0 Å². The van der Waals surface area contributed by atoms with Gasteiger partial charge >= 0.3 is 0 Å². The molecule has 0 aliphatic heterocycles. The van der Waals surface area contributed by atoms with Gasteiger partial charge in [-0.15, -0.1) is 0 Å². The van der Waals surface area contributed by atoms with Crippen LogP contribution in [-0.4, -0.2) is 8.07 Å². The maximum absolute atomic E-state index is 6.62. The van der Waals surface area contributed by atoms with E-state index < -0.39 is 8.07 Å². The van der Waals surface area contributed by atoms with Gasteiger partial charge in [-0.05, 0) is 51.1 Å². The molecule has 0 aliphatic carbocycles. The molecule has 0 spiro atoms. The number of anilines is 1. The molecule has 0 aliphatic rings. The van der Waals surface area contributed by atoms with Crippen molar-refractivity contribution in [1.82, 2.24) is 0 Å². The minimum Gasteiger partial charge on any atom is -0.399 e. The molecule has 2 heteroatoms. The van der Waals surface area contributed by atoms with Crippen molar-refractivity contribution in [3.8, 4) is 0 Å². The lowest BCUT2D eigenvalue weighted by molar-refractivity contribution is 0.834. The van der Waals surface area contributed by atoms with Crippen LogP contribution >= 0.6 is 0 Å². The van der Waals surface area contributed by atoms with E-state index in [4.69, 9.17) is 5.73 Å². The van der Waals surface area contributed by atoms with E-state index in [0.717, 1.165) is 5.69 Å². The lowest BCUT2D eigenvalue weighted by Gasteiger charge is -2.45. The molecule has 2 aromatic rings. The van der Waals surface area contributed by atoms with Crippen LogP contribution in [0.5, 0.6) is 0 Å². The Morgan fingerprint density at radius 1 is 0.864 bits per heavy atom. The van der Waals surface area contributed by atoms with Gasteiger partial charge in [0.05, 0.1) is 8.07 Å². The molecule has 0 saturated carbocycles. The summed E-state index contributed by atoms with van der Waals surface area (Å²) in [6, 6.07) is 10.9. The third-order valence-corrected chi connectivity index (χ3v) is 12.9. The lowest BCUT2D eigenvalue weighted by atomic mass is 10.0. The molecule has 0 aromatic heterocycles. The number of nitrogen functional groups attached to an aromatic ring is 1. The standard InChI is InChI=1S/C20H31NSi/c1-13(2)22(14(3)4,15(5)6)20-16(7)18-11-9-8-10-17(18)12-19(20)21/h8-15H,21H2,1-7H3. The van der Waals surface area contributed by atoms with Crippen LogP contribution in [0.3, 0.4) is 0 Å². The van der Waals surface area contributed by atoms with Gasteiger partial charge < -0.3 is 5.73 Å². The molecule has 120 valence electrons. The second-order valence-electron chi connectivity index (χ2n) is 7.58. The Morgan fingerprint density at radius 3 is 1.86 bits per heavy atom. The normalized spacial score (nSPS) is 12.8. The van der Waals surface area contributed by atoms with E-state index in [2.05, 4.69) is 78.8 Å². The Morgan fingerprint density at radius 2 is 1.36 bits per heavy atom. The quantitative estimate of drug-likeness (QED) is 0.575. The fraction of sp³-hybridized carbons (Fsp3) is 0.500. The molecule has 1 nitrogen and oxygen atoms in total. The molecule has 2 rings (SSSR count). The number of benzene rings is 2. The Bertz CT molecular complexity index is 649. The van der Waals surface area contributed by atoms with Crippen LogP contribution in [0.1, 0.15) is 47.1 Å². The van der Waals surface area contributed by atoms with Crippen LogP contribution in [0.4, 0.5) is 5.69 Å². The molecule has 0 fully saturated rings. The maximum atomic E-state index is 6.62. The van der Waals surface area contributed by atoms with Gasteiger partial charge in [-0.25, -0.2) is 0 Å². The van der Waals surface area contributed by atoms with Crippen LogP contribution in [0, 0.1) is 6.92 Å². The summed E-state index contributed by atoms with van der Waals surface area (Å²) < 4.78 is 0. The van der Waals surface area contributed by atoms with E-state index in [1.165, 1.54) is 21.5 Å². The fourth-order valence-electron chi connectivity index (χ4n) is 5.00. The summed E-state index contributed by atoms with van der Waals surface area (Å²) >= 11 is 0. The summed E-state index contributed by atoms with van der Waals surface area (Å²) in [5, 5.41) is 4.14. The van der Waals surface area contributed by atoms with Gasteiger partial charge in [0.25, 0.3) is 0 Å². The highest BCUT2D eigenvalue weighted by Crippen LogP contribution is 2.43. The van der Waals surface area contributed by atoms with Crippen LogP contribution in [0.25, 0.3) is 10.8 Å². The number of aryl methyl sites for hydroxylation is 1. The van der Waals surface area contributed by atoms with E-state index >= 15 is 0 Å². The Kier molecular flexibility index (Phi) is 4.72. The van der Waals surface area contributed by atoms with Crippen molar-refractivity contribution in [2.24, 2.45) is 0 Å². The molecule has 2 aromatic carbocycles. The summed E-state index contributed by atoms with van der Waals surface area (Å²) in [5.41, 5.74) is 11.1. The number of nitrogens with two attached hydrogens (primary N) is 1. The highest BCUT2D eigenvalue weighted by molar-refractivity contribution is 6.96. The average Bonchev–Trinajstić information content (AvgIpc) is 2.41. The molecular formula is C20H31NSi. The van der Waals surface area contributed by atoms with Crippen LogP contribution in [0.2, 0.25) is 16.6 Å². The first kappa shape index (κ1) is 17.1. The van der Waals surface area contributed by atoms with Gasteiger partial charge in [-0.2, -0.15) is 0 Å². The first-order valence-corrected chi connectivity index (χ1v) is 10.8. The minimum absolute atomic E-state index is 0.676. The van der Waals surface area contributed by atoms with Crippen molar-refractivity contribution in [2.75, 3.05) is 5.73 Å². The van der Waals surface area contributed by atoms with Crippen molar-refractivity contribution < 1.29 is 0 Å². The monoisotopic (exact) mass is 313 g/mol. The molecule has 2 N–H and O–H groups in total. The third kappa shape index (κ3) is 2.38. The van der Waals surface area contributed by atoms with Crippen molar-refractivity contribution in [3.63, 3.8) is 0 Å². The molecule has 22 heavy (non-hydrogen) atoms. The van der Waals surface area contributed by atoms with E-state index in [1.54, 1.807) is 0 Å². The highest BCUT2D eigenvalue weighted by Gasteiger charge is 2.46. The minimum atomic E-state index is -1.74. The lowest BCUT2D eigenvalue weighted by Crippen LogP contribution is -2.57. The molecule has 0 bridgehead atoms. The molecule has 0 radical (unpaired) electrons. The van der Waals surface area contributed by atoms with Gasteiger partial charge in [0.2, 0.25) is 0 Å². The highest BCUT2D eigenvalue weighted by atomic mass is 28.3. The summed E-state index contributed by atoms with van der Waals surface area (Å²) in [4.78, 5) is 0. The van der Waals surface area contributed by atoms with E-state index in [0.29, 0.717) is 16.6 Å². The molecule has 0 saturated heterocycles. The Balaban J connectivity index is 2.91. The summed E-state index contributed by atoms with van der Waals surface area (Å²) in [7, 11) is -1.74. The van der Waals surface area contributed by atoms with Crippen LogP contribution < -0.4 is 10.9 Å². The SMILES string of the molecule is Cc1c([Si](C(C)C)(C(C)C)C(C)C)c(N)cc2ccccc12. The molecule has 0 heterocycles. The first-order chi connectivity index (χ1) is 10.2. The van der Waals surface area contributed by atoms with E-state index in [9.17, 15) is 0 Å².